The third-order valence-electron chi connectivity index (χ3n) is 4.72. The van der Waals surface area contributed by atoms with E-state index in [0.717, 1.165) is 21.9 Å². The van der Waals surface area contributed by atoms with Crippen molar-refractivity contribution in [3.8, 4) is 11.5 Å². The van der Waals surface area contributed by atoms with E-state index in [1.807, 2.05) is 31.2 Å². The number of amides is 1. The molecule has 6 heteroatoms. The minimum Gasteiger partial charge on any atom is -0.497 e. The number of methoxy groups -OCH3 is 2. The zero-order valence-corrected chi connectivity index (χ0v) is 16.1. The molecular weight excluding hydrogens is 356 g/mol. The Morgan fingerprint density at radius 2 is 1.82 bits per heavy atom. The maximum Gasteiger partial charge on any atom is 0.293 e. The number of aryl methyl sites for hydroxylation is 1. The van der Waals surface area contributed by atoms with E-state index in [2.05, 4.69) is 4.98 Å². The smallest absolute Gasteiger partial charge is 0.293 e. The Labute approximate surface area is 162 Å². The second-order valence-corrected chi connectivity index (χ2v) is 6.59. The van der Waals surface area contributed by atoms with E-state index < -0.39 is 0 Å². The Kier molecular flexibility index (Phi) is 4.39. The summed E-state index contributed by atoms with van der Waals surface area (Å²) in [6.45, 7) is 2.01. The predicted molar refractivity (Wildman–Crippen MR) is 109 cm³/mol. The fraction of sp³-hybridized carbons (Fsp3) is 0.182. The molecule has 0 fully saturated rings. The molecule has 0 unspecified atom stereocenters. The number of furan rings is 1. The van der Waals surface area contributed by atoms with Crippen LogP contribution in [0.1, 0.15) is 16.1 Å². The van der Waals surface area contributed by atoms with Crippen molar-refractivity contribution in [3.63, 3.8) is 0 Å². The van der Waals surface area contributed by atoms with Gasteiger partial charge in [0.25, 0.3) is 5.91 Å². The van der Waals surface area contributed by atoms with Gasteiger partial charge in [-0.15, -0.1) is 0 Å². The number of nitrogens with zero attached hydrogens (tertiary/aromatic N) is 2. The highest BCUT2D eigenvalue weighted by atomic mass is 16.5. The van der Waals surface area contributed by atoms with Crippen LogP contribution < -0.4 is 14.4 Å². The van der Waals surface area contributed by atoms with Gasteiger partial charge in [-0.1, -0.05) is 12.1 Å². The number of hydrogen-bond donors (Lipinski definition) is 0. The van der Waals surface area contributed by atoms with E-state index in [1.165, 1.54) is 4.90 Å². The highest BCUT2D eigenvalue weighted by molar-refractivity contribution is 6.07. The Balaban J connectivity index is 1.73. The van der Waals surface area contributed by atoms with Gasteiger partial charge in [0.2, 0.25) is 5.71 Å². The summed E-state index contributed by atoms with van der Waals surface area (Å²) in [6, 6.07) is 15.0. The van der Waals surface area contributed by atoms with Gasteiger partial charge in [0.15, 0.2) is 5.76 Å². The van der Waals surface area contributed by atoms with Crippen LogP contribution >= 0.6 is 0 Å². The minimum absolute atomic E-state index is 0.217. The van der Waals surface area contributed by atoms with Crippen LogP contribution in [0.4, 0.5) is 5.69 Å². The number of aromatic nitrogens is 1. The van der Waals surface area contributed by atoms with Crippen LogP contribution in [-0.2, 0) is 0 Å². The molecule has 2 heterocycles. The van der Waals surface area contributed by atoms with Crippen molar-refractivity contribution in [2.24, 2.45) is 0 Å². The lowest BCUT2D eigenvalue weighted by atomic mass is 10.1. The largest absolute Gasteiger partial charge is 0.497 e. The van der Waals surface area contributed by atoms with Crippen molar-refractivity contribution >= 4 is 33.6 Å². The lowest BCUT2D eigenvalue weighted by Gasteiger charge is -2.19. The van der Waals surface area contributed by atoms with Crippen LogP contribution in [0.3, 0.4) is 0 Å². The summed E-state index contributed by atoms with van der Waals surface area (Å²) >= 11 is 0. The third-order valence-corrected chi connectivity index (χ3v) is 4.72. The maximum atomic E-state index is 13.0. The Morgan fingerprint density at radius 3 is 2.57 bits per heavy atom. The zero-order valence-electron chi connectivity index (χ0n) is 16.1. The number of carbonyl (C=O) groups excluding carboxylic acids is 1. The fourth-order valence-electron chi connectivity index (χ4n) is 3.18. The SMILES string of the molecule is COc1ccc(N(C)C(=O)c2cc3cc4ccc(C)cc4nc3o2)c(OC)c1. The molecule has 0 atom stereocenters. The van der Waals surface area contributed by atoms with Crippen molar-refractivity contribution in [3.05, 3.63) is 59.9 Å². The van der Waals surface area contributed by atoms with E-state index in [-0.39, 0.29) is 11.7 Å². The molecule has 0 radical (unpaired) electrons. The molecular formula is C22H20N2O4. The first-order valence-corrected chi connectivity index (χ1v) is 8.81. The van der Waals surface area contributed by atoms with Gasteiger partial charge in [-0.3, -0.25) is 4.79 Å². The molecule has 0 aliphatic carbocycles. The number of hydrogen-bond acceptors (Lipinski definition) is 5. The zero-order chi connectivity index (χ0) is 19.8. The van der Waals surface area contributed by atoms with Gasteiger partial charge >= 0.3 is 0 Å². The van der Waals surface area contributed by atoms with Crippen molar-refractivity contribution in [1.82, 2.24) is 4.98 Å². The van der Waals surface area contributed by atoms with E-state index in [4.69, 9.17) is 13.9 Å². The monoisotopic (exact) mass is 376 g/mol. The summed E-state index contributed by atoms with van der Waals surface area (Å²) in [5, 5.41) is 1.79. The average molecular weight is 376 g/mol. The van der Waals surface area contributed by atoms with Gasteiger partial charge < -0.3 is 18.8 Å². The summed E-state index contributed by atoms with van der Waals surface area (Å²) in [6.07, 6.45) is 0. The maximum absolute atomic E-state index is 13.0. The highest BCUT2D eigenvalue weighted by Gasteiger charge is 2.21. The van der Waals surface area contributed by atoms with Crippen LogP contribution in [0.25, 0.3) is 22.0 Å². The van der Waals surface area contributed by atoms with Crippen LogP contribution in [0.2, 0.25) is 0 Å². The molecule has 28 heavy (non-hydrogen) atoms. The molecule has 0 N–H and O–H groups in total. The quantitative estimate of drug-likeness (QED) is 0.521. The van der Waals surface area contributed by atoms with Gasteiger partial charge in [0.1, 0.15) is 11.5 Å². The number of pyridine rings is 1. The molecule has 0 saturated carbocycles. The molecule has 1 amide bonds. The van der Waals surface area contributed by atoms with Gasteiger partial charge in [-0.2, -0.15) is 0 Å². The Bertz CT molecular complexity index is 1200. The van der Waals surface area contributed by atoms with E-state index >= 15 is 0 Å². The second kappa shape index (κ2) is 6.88. The molecule has 0 aliphatic heterocycles. The van der Waals surface area contributed by atoms with Crippen molar-refractivity contribution in [1.29, 1.82) is 0 Å². The molecule has 0 aliphatic rings. The summed E-state index contributed by atoms with van der Waals surface area (Å²) in [5.74, 6) is 1.11. The third kappa shape index (κ3) is 3.03. The van der Waals surface area contributed by atoms with Crippen molar-refractivity contribution in [2.75, 3.05) is 26.2 Å². The van der Waals surface area contributed by atoms with Gasteiger partial charge in [-0.05, 0) is 42.8 Å². The van der Waals surface area contributed by atoms with Crippen LogP contribution in [0, 0.1) is 6.92 Å². The molecule has 4 rings (SSSR count). The normalized spacial score (nSPS) is 11.0. The van der Waals surface area contributed by atoms with Crippen LogP contribution in [0.5, 0.6) is 11.5 Å². The van der Waals surface area contributed by atoms with Crippen LogP contribution in [-0.4, -0.2) is 32.2 Å². The summed E-state index contributed by atoms with van der Waals surface area (Å²) in [7, 11) is 4.80. The standard InChI is InChI=1S/C22H20N2O4/c1-13-5-6-14-10-15-11-20(28-21(15)23-17(14)9-13)22(25)24(2)18-8-7-16(26-3)12-19(18)27-4/h5-12H,1-4H3. The number of rotatable bonds is 4. The van der Waals surface area contributed by atoms with E-state index in [0.29, 0.717) is 22.9 Å². The summed E-state index contributed by atoms with van der Waals surface area (Å²) < 4.78 is 16.4. The predicted octanol–water partition coefficient (Wildman–Crippen LogP) is 4.58. The second-order valence-electron chi connectivity index (χ2n) is 6.59. The molecule has 4 aromatic rings. The lowest BCUT2D eigenvalue weighted by molar-refractivity contribution is 0.0967. The number of benzene rings is 2. The van der Waals surface area contributed by atoms with Crippen molar-refractivity contribution < 1.29 is 18.7 Å². The number of ether oxygens (including phenoxy) is 2. The molecule has 0 bridgehead atoms. The Hall–Kier alpha value is -3.54. The van der Waals surface area contributed by atoms with E-state index in [9.17, 15) is 4.79 Å². The minimum atomic E-state index is -0.290. The molecule has 142 valence electrons. The average Bonchev–Trinajstić information content (AvgIpc) is 3.13. The molecule has 0 saturated heterocycles. The van der Waals surface area contributed by atoms with Gasteiger partial charge in [0, 0.05) is 23.9 Å². The highest BCUT2D eigenvalue weighted by Crippen LogP contribution is 2.33. The number of carbonyl (C=O) groups is 1. The Morgan fingerprint density at radius 1 is 1.00 bits per heavy atom. The lowest BCUT2D eigenvalue weighted by Crippen LogP contribution is -2.26. The molecule has 2 aromatic heterocycles. The fourth-order valence-corrected chi connectivity index (χ4v) is 3.18. The summed E-state index contributed by atoms with van der Waals surface area (Å²) in [5.41, 5.74) is 3.01. The topological polar surface area (TPSA) is 64.8 Å². The first-order valence-electron chi connectivity index (χ1n) is 8.81. The first-order chi connectivity index (χ1) is 13.5. The first kappa shape index (κ1) is 17.9. The molecule has 0 spiro atoms. The van der Waals surface area contributed by atoms with Gasteiger partial charge in [-0.25, -0.2) is 4.98 Å². The van der Waals surface area contributed by atoms with Crippen LogP contribution in [0.15, 0.2) is 52.9 Å². The van der Waals surface area contributed by atoms with Crippen molar-refractivity contribution in [2.45, 2.75) is 6.92 Å². The van der Waals surface area contributed by atoms with Gasteiger partial charge in [0.05, 0.1) is 25.4 Å². The number of anilines is 1. The molecule has 6 nitrogen and oxygen atoms in total. The number of fused-ring (bicyclic) bond motifs is 2. The molecule has 2 aromatic carbocycles. The summed E-state index contributed by atoms with van der Waals surface area (Å²) in [4.78, 5) is 19.0. The van der Waals surface area contributed by atoms with E-state index in [1.54, 1.807) is 45.5 Å².